The molecule has 0 fully saturated rings. The van der Waals surface area contributed by atoms with Gasteiger partial charge < -0.3 is 23.6 Å². The molecule has 28 heavy (non-hydrogen) atoms. The number of benzene rings is 1. The number of phenolic OH excluding ortho intramolecular Hbond substituents is 1. The van der Waals surface area contributed by atoms with Gasteiger partial charge in [-0.3, -0.25) is 9.55 Å². The molecular weight excluding hydrogens is 381 g/mol. The van der Waals surface area contributed by atoms with Gasteiger partial charge in [-0.1, -0.05) is 6.58 Å². The van der Waals surface area contributed by atoms with Crippen molar-refractivity contribution in [3.8, 4) is 28.4 Å². The smallest absolute Gasteiger partial charge is 0.362 e. The second-order valence-corrected chi connectivity index (χ2v) is 7.95. The van der Waals surface area contributed by atoms with Crippen molar-refractivity contribution in [2.45, 2.75) is 20.8 Å². The van der Waals surface area contributed by atoms with Crippen molar-refractivity contribution in [1.29, 1.82) is 0 Å². The molecule has 1 aromatic carbocycles. The van der Waals surface area contributed by atoms with Crippen molar-refractivity contribution in [2.24, 2.45) is 0 Å². The van der Waals surface area contributed by atoms with Crippen LogP contribution in [0, 0.1) is 6.92 Å². The number of methoxy groups -OCH3 is 2. The zero-order valence-corrected chi connectivity index (χ0v) is 17.7. The summed E-state index contributed by atoms with van der Waals surface area (Å²) in [6.07, 6.45) is 1.63. The van der Waals surface area contributed by atoms with E-state index in [2.05, 4.69) is 11.6 Å². The Hall–Kier alpha value is -2.34. The van der Waals surface area contributed by atoms with Crippen LogP contribution in [-0.4, -0.2) is 37.5 Å². The average molecular weight is 407 g/mol. The third-order valence-electron chi connectivity index (χ3n) is 4.09. The largest absolute Gasteiger partial charge is 0.502 e. The lowest BCUT2D eigenvalue weighted by atomic mass is 10.0. The van der Waals surface area contributed by atoms with Crippen LogP contribution >= 0.6 is 7.60 Å². The lowest BCUT2D eigenvalue weighted by molar-refractivity contribution is 0.230. The summed E-state index contributed by atoms with van der Waals surface area (Å²) >= 11 is 0. The lowest BCUT2D eigenvalue weighted by Crippen LogP contribution is -2.01. The van der Waals surface area contributed by atoms with Gasteiger partial charge in [0, 0.05) is 11.8 Å². The molecule has 2 aromatic rings. The Bertz CT molecular complexity index is 877. The summed E-state index contributed by atoms with van der Waals surface area (Å²) < 4.78 is 34.1. The summed E-state index contributed by atoms with van der Waals surface area (Å²) in [7, 11) is -0.576. The van der Waals surface area contributed by atoms with Gasteiger partial charge in [0.05, 0.1) is 38.4 Å². The van der Waals surface area contributed by atoms with E-state index in [4.69, 9.17) is 18.5 Å². The molecule has 0 aliphatic heterocycles. The zero-order chi connectivity index (χ0) is 20.9. The first-order chi connectivity index (χ1) is 13.3. The Morgan fingerprint density at radius 1 is 1.07 bits per heavy atom. The molecule has 0 saturated heterocycles. The molecule has 2 rings (SSSR count). The van der Waals surface area contributed by atoms with Crippen molar-refractivity contribution in [3.63, 3.8) is 0 Å². The Balaban J connectivity index is 2.47. The minimum atomic E-state index is -3.51. The highest BCUT2D eigenvalue weighted by molar-refractivity contribution is 7.65. The van der Waals surface area contributed by atoms with Gasteiger partial charge in [-0.15, -0.1) is 0 Å². The number of aromatic nitrogens is 1. The number of rotatable bonds is 9. The fraction of sp³-hybridized carbons (Fsp3) is 0.350. The van der Waals surface area contributed by atoms with E-state index in [1.807, 2.05) is 13.0 Å². The number of nitrogens with zero attached hydrogens (tertiary/aromatic N) is 1. The number of hydrogen-bond acceptors (Lipinski definition) is 7. The molecule has 0 amide bonds. The lowest BCUT2D eigenvalue weighted by Gasteiger charge is -2.20. The van der Waals surface area contributed by atoms with Crippen LogP contribution in [0.1, 0.15) is 25.1 Å². The van der Waals surface area contributed by atoms with Crippen molar-refractivity contribution in [2.75, 3.05) is 27.4 Å². The zero-order valence-electron chi connectivity index (χ0n) is 16.8. The third kappa shape index (κ3) is 4.38. The molecule has 7 nitrogen and oxygen atoms in total. The van der Waals surface area contributed by atoms with Crippen LogP contribution < -0.4 is 9.47 Å². The summed E-state index contributed by atoms with van der Waals surface area (Å²) in [6.45, 7) is 9.72. The fourth-order valence-electron chi connectivity index (χ4n) is 2.76. The van der Waals surface area contributed by atoms with Crippen molar-refractivity contribution in [3.05, 3.63) is 42.2 Å². The molecule has 0 bridgehead atoms. The minimum Gasteiger partial charge on any atom is -0.502 e. The summed E-state index contributed by atoms with van der Waals surface area (Å²) in [5, 5.41) is 10.3. The topological polar surface area (TPSA) is 87.1 Å². The molecule has 0 aliphatic rings. The van der Waals surface area contributed by atoms with Crippen molar-refractivity contribution < 1.29 is 28.2 Å². The van der Waals surface area contributed by atoms with Gasteiger partial charge in [-0.05, 0) is 50.1 Å². The van der Waals surface area contributed by atoms with E-state index in [1.165, 1.54) is 14.2 Å². The molecule has 1 aromatic heterocycles. The molecule has 0 aliphatic carbocycles. The van der Waals surface area contributed by atoms with E-state index in [0.717, 1.165) is 16.7 Å². The molecule has 152 valence electrons. The van der Waals surface area contributed by atoms with Gasteiger partial charge in [0.25, 0.3) is 0 Å². The van der Waals surface area contributed by atoms with E-state index in [9.17, 15) is 9.67 Å². The highest BCUT2D eigenvalue weighted by Crippen LogP contribution is 2.59. The van der Waals surface area contributed by atoms with Gasteiger partial charge >= 0.3 is 7.60 Å². The quantitative estimate of drug-likeness (QED) is 0.584. The molecule has 1 heterocycles. The third-order valence-corrected chi connectivity index (χ3v) is 6.16. The van der Waals surface area contributed by atoms with E-state index < -0.39 is 7.60 Å². The standard InChI is InChI=1S/C20H26NO6P/c1-7-26-28(23,27-8-2)14(4)19-13(3)9-16(12-21-19)15-10-17(24-5)20(22)18(11-15)25-6/h9-12,22H,4,7-8H2,1-3,5-6H3. The maximum absolute atomic E-state index is 13.0. The number of pyridine rings is 1. The Morgan fingerprint density at radius 2 is 1.61 bits per heavy atom. The maximum atomic E-state index is 13.0. The van der Waals surface area contributed by atoms with Crippen molar-refractivity contribution >= 4 is 12.9 Å². The molecule has 0 atom stereocenters. The molecule has 0 radical (unpaired) electrons. The fourth-order valence-corrected chi connectivity index (χ4v) is 4.32. The second-order valence-electron chi connectivity index (χ2n) is 5.90. The summed E-state index contributed by atoms with van der Waals surface area (Å²) in [5.41, 5.74) is 2.74. The SMILES string of the molecule is C=C(c1ncc(-c2cc(OC)c(O)c(OC)c2)cc1C)P(=O)(OCC)OCC. The number of aryl methyl sites for hydroxylation is 1. The Labute approximate surface area is 165 Å². The first kappa shape index (κ1) is 22.0. The van der Waals surface area contributed by atoms with E-state index in [-0.39, 0.29) is 35.8 Å². The maximum Gasteiger partial charge on any atom is 0.362 e. The van der Waals surface area contributed by atoms with Gasteiger partial charge in [0.2, 0.25) is 5.75 Å². The molecule has 0 unspecified atom stereocenters. The first-order valence-electron chi connectivity index (χ1n) is 8.82. The van der Waals surface area contributed by atoms with E-state index >= 15 is 0 Å². The van der Waals surface area contributed by atoms with Crippen LogP contribution in [0.3, 0.4) is 0 Å². The second kappa shape index (κ2) is 9.24. The van der Waals surface area contributed by atoms with Gasteiger partial charge in [0.1, 0.15) is 0 Å². The van der Waals surface area contributed by atoms with Crippen LogP contribution in [0.25, 0.3) is 16.4 Å². The Morgan fingerprint density at radius 3 is 2.04 bits per heavy atom. The highest BCUT2D eigenvalue weighted by atomic mass is 31.2. The monoisotopic (exact) mass is 407 g/mol. The van der Waals surface area contributed by atoms with Crippen LogP contribution in [0.4, 0.5) is 0 Å². The van der Waals surface area contributed by atoms with Crippen LogP contribution in [-0.2, 0) is 13.6 Å². The predicted octanol–water partition coefficient (Wildman–Crippen LogP) is 5.02. The van der Waals surface area contributed by atoms with Gasteiger partial charge in [-0.2, -0.15) is 0 Å². The van der Waals surface area contributed by atoms with Crippen LogP contribution in [0.2, 0.25) is 0 Å². The molecule has 1 N–H and O–H groups in total. The molecule has 0 spiro atoms. The normalized spacial score (nSPS) is 11.3. The molecular formula is C20H26NO6P. The van der Waals surface area contributed by atoms with Crippen LogP contribution in [0.15, 0.2) is 31.0 Å². The van der Waals surface area contributed by atoms with E-state index in [0.29, 0.717) is 5.69 Å². The first-order valence-corrected chi connectivity index (χ1v) is 10.4. The van der Waals surface area contributed by atoms with Crippen LogP contribution in [0.5, 0.6) is 17.2 Å². The average Bonchev–Trinajstić information content (AvgIpc) is 2.68. The highest BCUT2D eigenvalue weighted by Gasteiger charge is 2.31. The summed E-state index contributed by atoms with van der Waals surface area (Å²) in [6, 6.07) is 5.25. The molecule has 8 heteroatoms. The Kier molecular flexibility index (Phi) is 7.24. The number of aromatic hydroxyl groups is 1. The predicted molar refractivity (Wildman–Crippen MR) is 109 cm³/mol. The minimum absolute atomic E-state index is 0.0715. The summed E-state index contributed by atoms with van der Waals surface area (Å²) in [5.74, 6) is 0.508. The number of phenols is 1. The van der Waals surface area contributed by atoms with E-state index in [1.54, 1.807) is 32.2 Å². The number of hydrogen-bond donors (Lipinski definition) is 1. The van der Waals surface area contributed by atoms with Crippen molar-refractivity contribution in [1.82, 2.24) is 4.98 Å². The number of ether oxygens (including phenoxy) is 2. The molecule has 0 saturated carbocycles. The summed E-state index contributed by atoms with van der Waals surface area (Å²) in [4.78, 5) is 4.44. The van der Waals surface area contributed by atoms with Gasteiger partial charge in [-0.25, -0.2) is 0 Å². The van der Waals surface area contributed by atoms with Gasteiger partial charge in [0.15, 0.2) is 11.5 Å².